The van der Waals surface area contributed by atoms with Crippen molar-refractivity contribution in [1.29, 1.82) is 5.26 Å². The van der Waals surface area contributed by atoms with E-state index >= 15 is 0 Å². The monoisotopic (exact) mass is 510 g/mol. The van der Waals surface area contributed by atoms with Gasteiger partial charge in [0.05, 0.1) is 36.3 Å². The number of piperidine rings is 1. The Labute approximate surface area is 220 Å². The molecule has 0 radical (unpaired) electrons. The predicted molar refractivity (Wildman–Crippen MR) is 140 cm³/mol. The number of benzene rings is 2. The molecular weight excluding hydrogens is 483 g/mol. The third-order valence-corrected chi connectivity index (χ3v) is 6.66. The van der Waals surface area contributed by atoms with Gasteiger partial charge in [-0.05, 0) is 68.7 Å². The third-order valence-electron chi connectivity index (χ3n) is 6.66. The smallest absolute Gasteiger partial charge is 0.203 e. The molecule has 0 saturated carbocycles. The van der Waals surface area contributed by atoms with E-state index in [1.807, 2.05) is 30.3 Å². The van der Waals surface area contributed by atoms with E-state index in [1.54, 1.807) is 12.4 Å². The number of hydrogen-bond donors (Lipinski definition) is 0. The molecule has 1 aliphatic heterocycles. The highest BCUT2D eigenvalue weighted by atomic mass is 19.1. The van der Waals surface area contributed by atoms with E-state index in [9.17, 15) is 9.18 Å². The van der Waals surface area contributed by atoms with Crippen LogP contribution in [0.2, 0.25) is 0 Å². The first-order valence-corrected chi connectivity index (χ1v) is 12.5. The molecule has 0 aliphatic carbocycles. The number of aromatic nitrogens is 4. The van der Waals surface area contributed by atoms with Crippen molar-refractivity contribution in [3.8, 4) is 28.9 Å². The van der Waals surface area contributed by atoms with E-state index in [0.717, 1.165) is 43.1 Å². The van der Waals surface area contributed by atoms with E-state index in [4.69, 9.17) is 10.00 Å². The van der Waals surface area contributed by atoms with Gasteiger partial charge in [-0.25, -0.2) is 19.0 Å². The summed E-state index contributed by atoms with van der Waals surface area (Å²) in [6.07, 6.45) is 7.37. The fourth-order valence-electron chi connectivity index (χ4n) is 4.48. The van der Waals surface area contributed by atoms with Gasteiger partial charge in [0.15, 0.2) is 11.6 Å². The molecule has 1 saturated heterocycles. The quantitative estimate of drug-likeness (QED) is 0.371. The molecule has 0 atom stereocenters. The highest BCUT2D eigenvalue weighted by molar-refractivity contribution is 5.56. The van der Waals surface area contributed by atoms with Gasteiger partial charge in [-0.3, -0.25) is 4.79 Å². The van der Waals surface area contributed by atoms with Crippen LogP contribution in [0, 0.1) is 23.1 Å². The first-order chi connectivity index (χ1) is 18.5. The molecule has 8 nitrogen and oxygen atoms in total. The molecule has 0 N–H and O–H groups in total. The molecule has 5 rings (SSSR count). The van der Waals surface area contributed by atoms with Crippen LogP contribution in [-0.2, 0) is 6.42 Å². The lowest BCUT2D eigenvalue weighted by Gasteiger charge is -2.28. The van der Waals surface area contributed by atoms with Crippen molar-refractivity contribution < 1.29 is 9.13 Å². The molecule has 1 fully saturated rings. The second-order valence-electron chi connectivity index (χ2n) is 9.56. The van der Waals surface area contributed by atoms with Crippen molar-refractivity contribution in [2.45, 2.75) is 19.3 Å². The minimum absolute atomic E-state index is 0.174. The van der Waals surface area contributed by atoms with Gasteiger partial charge in [0.1, 0.15) is 11.5 Å². The Hall–Kier alpha value is -4.42. The number of nitrogens with zero attached hydrogens (tertiary/aromatic N) is 6. The number of nitriles is 1. The van der Waals surface area contributed by atoms with Crippen molar-refractivity contribution in [3.05, 3.63) is 100.0 Å². The summed E-state index contributed by atoms with van der Waals surface area (Å²) in [6.45, 7) is 2.86. The lowest BCUT2D eigenvalue weighted by atomic mass is 9.98. The van der Waals surface area contributed by atoms with Crippen LogP contribution in [0.3, 0.4) is 0 Å². The summed E-state index contributed by atoms with van der Waals surface area (Å²) in [5.74, 6) is 1.20. The van der Waals surface area contributed by atoms with Gasteiger partial charge in [-0.1, -0.05) is 18.2 Å². The first kappa shape index (κ1) is 25.2. The van der Waals surface area contributed by atoms with Crippen molar-refractivity contribution in [3.63, 3.8) is 0 Å². The van der Waals surface area contributed by atoms with Gasteiger partial charge in [-0.2, -0.15) is 10.4 Å². The Kier molecular flexibility index (Phi) is 7.52. The fraction of sp³-hybridized carbons (Fsp3) is 0.276. The largest absolute Gasteiger partial charge is 0.490 e. The lowest BCUT2D eigenvalue weighted by Crippen LogP contribution is -2.32. The Bertz CT molecular complexity index is 1520. The summed E-state index contributed by atoms with van der Waals surface area (Å²) in [5, 5.41) is 13.5. The van der Waals surface area contributed by atoms with E-state index in [2.05, 4.69) is 27.0 Å². The van der Waals surface area contributed by atoms with Gasteiger partial charge < -0.3 is 9.64 Å². The summed E-state index contributed by atoms with van der Waals surface area (Å²) < 4.78 is 21.3. The van der Waals surface area contributed by atoms with Crippen LogP contribution in [0.1, 0.15) is 29.7 Å². The minimum atomic E-state index is -0.549. The molecule has 38 heavy (non-hydrogen) atoms. The maximum atomic E-state index is 13.9. The molecule has 2 aromatic carbocycles. The van der Waals surface area contributed by atoms with E-state index < -0.39 is 5.82 Å². The highest BCUT2D eigenvalue weighted by Gasteiger charge is 2.17. The maximum Gasteiger partial charge on any atom is 0.203 e. The van der Waals surface area contributed by atoms with E-state index in [-0.39, 0.29) is 17.4 Å². The molecule has 3 heterocycles. The number of halogens is 1. The Balaban J connectivity index is 1.29. The zero-order valence-electron chi connectivity index (χ0n) is 21.0. The average molecular weight is 511 g/mol. The maximum absolute atomic E-state index is 13.9. The van der Waals surface area contributed by atoms with Gasteiger partial charge in [-0.15, -0.1) is 0 Å². The fourth-order valence-corrected chi connectivity index (χ4v) is 4.48. The Morgan fingerprint density at radius 2 is 1.89 bits per heavy atom. The summed E-state index contributed by atoms with van der Waals surface area (Å²) >= 11 is 0. The molecular formula is C29H27FN6O2. The SMILES string of the molecule is CN1CCC(COc2cnc(-c3cccc(Cc4nn(-c5cc(F)cc(C#N)c5)ccc4=O)c3)nc2)CC1. The molecule has 9 heteroatoms. The van der Waals surface area contributed by atoms with Gasteiger partial charge in [0, 0.05) is 24.2 Å². The van der Waals surface area contributed by atoms with Crippen LogP contribution in [-0.4, -0.2) is 51.4 Å². The molecule has 0 unspecified atom stereocenters. The van der Waals surface area contributed by atoms with Gasteiger partial charge in [0.2, 0.25) is 5.43 Å². The van der Waals surface area contributed by atoms with Crippen LogP contribution in [0.4, 0.5) is 4.39 Å². The average Bonchev–Trinajstić information content (AvgIpc) is 2.94. The van der Waals surface area contributed by atoms with Crippen molar-refractivity contribution in [2.75, 3.05) is 26.7 Å². The van der Waals surface area contributed by atoms with Crippen LogP contribution in [0.5, 0.6) is 5.75 Å². The van der Waals surface area contributed by atoms with Crippen LogP contribution < -0.4 is 10.2 Å². The normalized spacial score (nSPS) is 14.2. The zero-order valence-corrected chi connectivity index (χ0v) is 21.0. The zero-order chi connectivity index (χ0) is 26.5. The molecule has 1 aliphatic rings. The second-order valence-corrected chi connectivity index (χ2v) is 9.56. The first-order valence-electron chi connectivity index (χ1n) is 12.5. The Morgan fingerprint density at radius 1 is 1.11 bits per heavy atom. The number of rotatable bonds is 7. The van der Waals surface area contributed by atoms with Crippen molar-refractivity contribution in [2.24, 2.45) is 5.92 Å². The van der Waals surface area contributed by atoms with Gasteiger partial charge >= 0.3 is 0 Å². The standard InChI is InChI=1S/C29H27FN6O2/c1-35-8-5-20(6-9-35)19-38-26-17-32-29(33-18-26)23-4-2-3-21(11-23)14-27-28(37)7-10-36(34-27)25-13-22(16-31)12-24(30)15-25/h2-4,7,10-13,15,17-18,20H,5-6,8-9,14,19H2,1H3. The molecule has 2 aromatic heterocycles. The van der Waals surface area contributed by atoms with E-state index in [0.29, 0.717) is 35.5 Å². The Morgan fingerprint density at radius 3 is 2.66 bits per heavy atom. The predicted octanol–water partition coefficient (Wildman–Crippen LogP) is 4.01. The topological polar surface area (TPSA) is 96.9 Å². The number of likely N-dealkylation sites (tertiary alicyclic amines) is 1. The van der Waals surface area contributed by atoms with Gasteiger partial charge in [0.25, 0.3) is 0 Å². The molecule has 0 bridgehead atoms. The number of hydrogen-bond acceptors (Lipinski definition) is 7. The second kappa shape index (κ2) is 11.3. The van der Waals surface area contributed by atoms with Crippen molar-refractivity contribution in [1.82, 2.24) is 24.6 Å². The molecule has 0 amide bonds. The third kappa shape index (κ3) is 6.10. The minimum Gasteiger partial charge on any atom is -0.490 e. The van der Waals surface area contributed by atoms with Crippen molar-refractivity contribution >= 4 is 0 Å². The summed E-state index contributed by atoms with van der Waals surface area (Å²) in [7, 11) is 2.14. The molecule has 0 spiro atoms. The van der Waals surface area contributed by atoms with Crippen LogP contribution in [0.25, 0.3) is 17.1 Å². The summed E-state index contributed by atoms with van der Waals surface area (Å²) in [6, 6.07) is 14.9. The summed E-state index contributed by atoms with van der Waals surface area (Å²) in [4.78, 5) is 23.8. The molecule has 192 valence electrons. The van der Waals surface area contributed by atoms with Crippen LogP contribution in [0.15, 0.2) is 71.9 Å². The van der Waals surface area contributed by atoms with Crippen LogP contribution >= 0.6 is 0 Å². The van der Waals surface area contributed by atoms with E-state index in [1.165, 1.54) is 29.1 Å². The number of ether oxygens (including phenoxy) is 1. The highest BCUT2D eigenvalue weighted by Crippen LogP contribution is 2.21. The summed E-state index contributed by atoms with van der Waals surface area (Å²) in [5.41, 5.74) is 2.27. The lowest BCUT2D eigenvalue weighted by molar-refractivity contribution is 0.159. The molecule has 4 aromatic rings.